The van der Waals surface area contributed by atoms with Crippen molar-refractivity contribution in [3.05, 3.63) is 23.3 Å². The summed E-state index contributed by atoms with van der Waals surface area (Å²) in [5, 5.41) is 31.6. The highest BCUT2D eigenvalue weighted by Crippen LogP contribution is 2.74. The molecule has 4 heteroatoms. The molecule has 0 radical (unpaired) electrons. The van der Waals surface area contributed by atoms with Crippen LogP contribution in [0.4, 0.5) is 0 Å². The molecular formula is C31H48O4. The number of hydrogen-bond acceptors (Lipinski definition) is 3. The van der Waals surface area contributed by atoms with E-state index in [2.05, 4.69) is 53.7 Å². The van der Waals surface area contributed by atoms with E-state index in [1.54, 1.807) is 0 Å². The molecule has 9 unspecified atom stereocenters. The maximum Gasteiger partial charge on any atom is 0.304 e. The molecule has 0 aromatic carbocycles. The maximum atomic E-state index is 11.7. The van der Waals surface area contributed by atoms with Crippen molar-refractivity contribution in [2.24, 2.45) is 44.3 Å². The molecule has 0 bridgehead atoms. The van der Waals surface area contributed by atoms with E-state index < -0.39 is 17.5 Å². The van der Waals surface area contributed by atoms with Crippen molar-refractivity contribution >= 4 is 5.97 Å². The van der Waals surface area contributed by atoms with Gasteiger partial charge in [-0.3, -0.25) is 4.79 Å². The highest BCUT2D eigenvalue weighted by atomic mass is 16.4. The minimum absolute atomic E-state index is 0.0124. The molecule has 0 amide bonds. The Morgan fingerprint density at radius 1 is 0.943 bits per heavy atom. The zero-order chi connectivity index (χ0) is 25.8. The first-order chi connectivity index (χ1) is 16.0. The van der Waals surface area contributed by atoms with E-state index >= 15 is 0 Å². The SMILES string of the molecule is CC12CCC3(C)C(=C1CC(C)(CC(=O)O)C(O)C2)C=CC1C2(C)CCC(O)C(C)(C)C2CCC13C. The molecule has 0 aliphatic heterocycles. The maximum absolute atomic E-state index is 11.7. The first-order valence-electron chi connectivity index (χ1n) is 14.0. The van der Waals surface area contributed by atoms with E-state index in [-0.39, 0.29) is 39.6 Å². The first-order valence-corrected chi connectivity index (χ1v) is 14.0. The number of rotatable bonds is 2. The van der Waals surface area contributed by atoms with Gasteiger partial charge in [0.2, 0.25) is 0 Å². The third-order valence-electron chi connectivity index (χ3n) is 13.0. The summed E-state index contributed by atoms with van der Waals surface area (Å²) in [6.07, 6.45) is 12.0. The molecule has 0 aromatic heterocycles. The monoisotopic (exact) mass is 484 g/mol. The zero-order valence-electron chi connectivity index (χ0n) is 23.1. The van der Waals surface area contributed by atoms with E-state index in [1.807, 2.05) is 6.92 Å². The van der Waals surface area contributed by atoms with E-state index in [0.29, 0.717) is 24.7 Å². The van der Waals surface area contributed by atoms with Crippen molar-refractivity contribution in [3.63, 3.8) is 0 Å². The standard InChI is InChI=1S/C31H48O4/c1-26(2)21-10-13-31(7)22(29(21,5)12-11-23(26)32)9-8-19-20-16-28(4,18-25(34)35)24(33)17-27(20,3)14-15-30(19,31)6/h8-9,21-24,32-33H,10-18H2,1-7H3,(H,34,35). The van der Waals surface area contributed by atoms with Gasteiger partial charge in [-0.25, -0.2) is 0 Å². The summed E-state index contributed by atoms with van der Waals surface area (Å²) in [6, 6.07) is 0. The third kappa shape index (κ3) is 3.20. The quantitative estimate of drug-likeness (QED) is 0.417. The molecule has 3 saturated carbocycles. The summed E-state index contributed by atoms with van der Waals surface area (Å²) in [6.45, 7) is 16.4. The predicted molar refractivity (Wildman–Crippen MR) is 139 cm³/mol. The van der Waals surface area contributed by atoms with E-state index in [4.69, 9.17) is 0 Å². The Morgan fingerprint density at radius 2 is 1.63 bits per heavy atom. The Hall–Kier alpha value is -1.13. The number of aliphatic hydroxyl groups excluding tert-OH is 2. The van der Waals surface area contributed by atoms with Crippen LogP contribution in [0.5, 0.6) is 0 Å². The molecule has 196 valence electrons. The normalized spacial score (nSPS) is 52.7. The molecule has 3 N–H and O–H groups in total. The predicted octanol–water partition coefficient (Wildman–Crippen LogP) is 6.51. The lowest BCUT2D eigenvalue weighted by atomic mass is 9.35. The Bertz CT molecular complexity index is 994. The van der Waals surface area contributed by atoms with Gasteiger partial charge in [0.25, 0.3) is 0 Å². The molecule has 0 spiro atoms. The highest BCUT2D eigenvalue weighted by molar-refractivity contribution is 5.68. The highest BCUT2D eigenvalue weighted by Gasteiger charge is 2.66. The Balaban J connectivity index is 1.63. The van der Waals surface area contributed by atoms with E-state index in [0.717, 1.165) is 38.5 Å². The second-order valence-electron chi connectivity index (χ2n) is 15.1. The Labute approximate surface area is 212 Å². The minimum Gasteiger partial charge on any atom is -0.481 e. The fourth-order valence-electron chi connectivity index (χ4n) is 10.3. The van der Waals surface area contributed by atoms with Gasteiger partial charge in [-0.2, -0.15) is 0 Å². The number of hydrogen-bond donors (Lipinski definition) is 3. The topological polar surface area (TPSA) is 77.8 Å². The number of aliphatic hydroxyl groups is 2. The summed E-state index contributed by atoms with van der Waals surface area (Å²) >= 11 is 0. The van der Waals surface area contributed by atoms with Crippen molar-refractivity contribution in [2.75, 3.05) is 0 Å². The summed E-state index contributed by atoms with van der Waals surface area (Å²) in [5.41, 5.74) is 2.48. The molecular weight excluding hydrogens is 436 g/mol. The second kappa shape index (κ2) is 7.47. The van der Waals surface area contributed by atoms with Gasteiger partial charge in [-0.05, 0) is 95.9 Å². The number of carboxylic acid groups (broad SMARTS) is 1. The fraction of sp³-hybridized carbons (Fsp3) is 0.839. The average molecular weight is 485 g/mol. The smallest absolute Gasteiger partial charge is 0.304 e. The van der Waals surface area contributed by atoms with Gasteiger partial charge >= 0.3 is 5.97 Å². The lowest BCUT2D eigenvalue weighted by molar-refractivity contribution is -0.182. The van der Waals surface area contributed by atoms with Gasteiger partial charge in [0.1, 0.15) is 0 Å². The van der Waals surface area contributed by atoms with Gasteiger partial charge in [0, 0.05) is 5.41 Å². The van der Waals surface area contributed by atoms with Gasteiger partial charge < -0.3 is 15.3 Å². The summed E-state index contributed by atoms with van der Waals surface area (Å²) in [5.74, 6) is 0.162. The van der Waals surface area contributed by atoms with Gasteiger partial charge in [-0.1, -0.05) is 66.2 Å². The zero-order valence-corrected chi connectivity index (χ0v) is 23.1. The van der Waals surface area contributed by atoms with Crippen LogP contribution in [0.3, 0.4) is 0 Å². The minimum atomic E-state index is -0.820. The number of aliphatic carboxylic acids is 1. The van der Waals surface area contributed by atoms with E-state index in [9.17, 15) is 20.1 Å². The second-order valence-corrected chi connectivity index (χ2v) is 15.1. The Kier molecular flexibility index (Phi) is 5.44. The van der Waals surface area contributed by atoms with Crippen LogP contribution in [0.25, 0.3) is 0 Å². The van der Waals surface area contributed by atoms with Crippen molar-refractivity contribution in [1.29, 1.82) is 0 Å². The molecule has 9 atom stereocenters. The van der Waals surface area contributed by atoms with Crippen molar-refractivity contribution in [1.82, 2.24) is 0 Å². The molecule has 5 rings (SSSR count). The first kappa shape index (κ1) is 25.5. The van der Waals surface area contributed by atoms with Crippen molar-refractivity contribution in [2.45, 2.75) is 118 Å². The van der Waals surface area contributed by atoms with Crippen LogP contribution >= 0.6 is 0 Å². The van der Waals surface area contributed by atoms with Crippen LogP contribution in [0.1, 0.15) is 106 Å². The third-order valence-corrected chi connectivity index (χ3v) is 13.0. The summed E-state index contributed by atoms with van der Waals surface area (Å²) in [4.78, 5) is 11.7. The van der Waals surface area contributed by atoms with Crippen LogP contribution in [-0.4, -0.2) is 33.5 Å². The van der Waals surface area contributed by atoms with Crippen molar-refractivity contribution in [3.8, 4) is 0 Å². The number of carbonyl (C=O) groups is 1. The number of fused-ring (bicyclic) bond motifs is 6. The summed E-state index contributed by atoms with van der Waals surface area (Å²) < 4.78 is 0. The summed E-state index contributed by atoms with van der Waals surface area (Å²) in [7, 11) is 0. The fourth-order valence-corrected chi connectivity index (χ4v) is 10.3. The molecule has 4 nitrogen and oxygen atoms in total. The largest absolute Gasteiger partial charge is 0.481 e. The van der Waals surface area contributed by atoms with Crippen LogP contribution < -0.4 is 0 Å². The number of allylic oxidation sites excluding steroid dienone is 4. The van der Waals surface area contributed by atoms with Crippen LogP contribution in [-0.2, 0) is 4.79 Å². The lowest BCUT2D eigenvalue weighted by Gasteiger charge is -2.69. The molecule has 0 saturated heterocycles. The molecule has 5 aliphatic rings. The molecule has 3 fully saturated rings. The molecule has 0 aromatic rings. The Morgan fingerprint density at radius 3 is 2.29 bits per heavy atom. The van der Waals surface area contributed by atoms with Gasteiger partial charge in [-0.15, -0.1) is 0 Å². The molecule has 35 heavy (non-hydrogen) atoms. The van der Waals surface area contributed by atoms with Crippen LogP contribution in [0, 0.1) is 44.3 Å². The molecule has 0 heterocycles. The van der Waals surface area contributed by atoms with Crippen molar-refractivity contribution < 1.29 is 20.1 Å². The average Bonchev–Trinajstić information content (AvgIpc) is 2.73. The molecule has 5 aliphatic carbocycles. The van der Waals surface area contributed by atoms with Gasteiger partial charge in [0.05, 0.1) is 18.6 Å². The van der Waals surface area contributed by atoms with Gasteiger partial charge in [0.15, 0.2) is 0 Å². The van der Waals surface area contributed by atoms with Crippen LogP contribution in [0.2, 0.25) is 0 Å². The number of carboxylic acids is 1. The van der Waals surface area contributed by atoms with E-state index in [1.165, 1.54) is 11.1 Å². The lowest BCUT2D eigenvalue weighted by Crippen LogP contribution is -2.63. The van der Waals surface area contributed by atoms with Crippen LogP contribution in [0.15, 0.2) is 23.3 Å².